The molecule has 0 fully saturated rings. The van der Waals surface area contributed by atoms with Gasteiger partial charge in [-0.3, -0.25) is 4.79 Å². The standard InChI is InChI=1S/C17H34O4/c1-8-15(3,4)12-17(7,16(5,6)9-2)14(20)21-11-13(19)10-18/h13,18-19H,8-12H2,1-7H3. The van der Waals surface area contributed by atoms with E-state index >= 15 is 0 Å². The molecule has 126 valence electrons. The summed E-state index contributed by atoms with van der Waals surface area (Å²) in [5.41, 5.74) is -0.799. The highest BCUT2D eigenvalue weighted by molar-refractivity contribution is 5.77. The van der Waals surface area contributed by atoms with Gasteiger partial charge in [-0.15, -0.1) is 0 Å². The van der Waals surface area contributed by atoms with Gasteiger partial charge in [-0.1, -0.05) is 48.0 Å². The number of rotatable bonds is 9. The van der Waals surface area contributed by atoms with Crippen LogP contribution in [0.25, 0.3) is 0 Å². The average molecular weight is 302 g/mol. The van der Waals surface area contributed by atoms with E-state index in [9.17, 15) is 9.90 Å². The zero-order chi connectivity index (χ0) is 16.9. The summed E-state index contributed by atoms with van der Waals surface area (Å²) in [6.45, 7) is 14.1. The third-order valence-electron chi connectivity index (χ3n) is 5.23. The molecule has 0 rings (SSSR count). The summed E-state index contributed by atoms with van der Waals surface area (Å²) in [6.07, 6.45) is 1.56. The molecule has 0 aliphatic heterocycles. The third-order valence-corrected chi connectivity index (χ3v) is 5.23. The molecular formula is C17H34O4. The molecule has 0 aromatic heterocycles. The van der Waals surface area contributed by atoms with Gasteiger partial charge in [0, 0.05) is 0 Å². The first kappa shape index (κ1) is 20.4. The number of esters is 1. The second-order valence-corrected chi connectivity index (χ2v) is 7.70. The van der Waals surface area contributed by atoms with Crippen LogP contribution in [0.1, 0.15) is 67.7 Å². The van der Waals surface area contributed by atoms with Crippen molar-refractivity contribution in [2.24, 2.45) is 16.2 Å². The Bertz CT molecular complexity index is 336. The lowest BCUT2D eigenvalue weighted by Gasteiger charge is -2.45. The van der Waals surface area contributed by atoms with Gasteiger partial charge in [-0.25, -0.2) is 0 Å². The molecule has 0 saturated carbocycles. The van der Waals surface area contributed by atoms with E-state index in [0.717, 1.165) is 19.3 Å². The summed E-state index contributed by atoms with van der Waals surface area (Å²) in [4.78, 5) is 12.7. The Morgan fingerprint density at radius 1 is 1.10 bits per heavy atom. The largest absolute Gasteiger partial charge is 0.462 e. The Morgan fingerprint density at radius 3 is 2.00 bits per heavy atom. The van der Waals surface area contributed by atoms with Crippen molar-refractivity contribution < 1.29 is 19.7 Å². The fourth-order valence-corrected chi connectivity index (χ4v) is 2.44. The highest BCUT2D eigenvalue weighted by Crippen LogP contribution is 2.50. The van der Waals surface area contributed by atoms with Gasteiger partial charge >= 0.3 is 5.97 Å². The van der Waals surface area contributed by atoms with Gasteiger partial charge in [0.1, 0.15) is 12.7 Å². The van der Waals surface area contributed by atoms with Gasteiger partial charge < -0.3 is 14.9 Å². The molecule has 4 nitrogen and oxygen atoms in total. The van der Waals surface area contributed by atoms with Crippen molar-refractivity contribution in [3.8, 4) is 0 Å². The van der Waals surface area contributed by atoms with Crippen LogP contribution in [0.15, 0.2) is 0 Å². The van der Waals surface area contributed by atoms with Gasteiger partial charge in [-0.2, -0.15) is 0 Å². The highest BCUT2D eigenvalue weighted by Gasteiger charge is 2.49. The smallest absolute Gasteiger partial charge is 0.312 e. The fourth-order valence-electron chi connectivity index (χ4n) is 2.44. The molecule has 0 radical (unpaired) electrons. The SMILES string of the molecule is CCC(C)(C)CC(C)(C(=O)OCC(O)CO)C(C)(C)CC. The molecule has 0 amide bonds. The molecule has 0 saturated heterocycles. The molecule has 2 unspecified atom stereocenters. The summed E-state index contributed by atoms with van der Waals surface area (Å²) in [5, 5.41) is 18.2. The topological polar surface area (TPSA) is 66.8 Å². The molecule has 0 aliphatic carbocycles. The molecule has 0 bridgehead atoms. The Kier molecular flexibility index (Phi) is 7.37. The molecule has 0 heterocycles. The normalized spacial score (nSPS) is 17.2. The monoisotopic (exact) mass is 302 g/mol. The first-order valence-electron chi connectivity index (χ1n) is 7.92. The third kappa shape index (κ3) is 5.26. The lowest BCUT2D eigenvalue weighted by atomic mass is 9.58. The number of hydrogen-bond acceptors (Lipinski definition) is 4. The van der Waals surface area contributed by atoms with Crippen LogP contribution in [-0.2, 0) is 9.53 Å². The number of aliphatic hydroxyl groups is 2. The van der Waals surface area contributed by atoms with Gasteiger partial charge in [0.05, 0.1) is 12.0 Å². The summed E-state index contributed by atoms with van der Waals surface area (Å²) in [5.74, 6) is -0.289. The Labute approximate surface area is 129 Å². The van der Waals surface area contributed by atoms with E-state index in [0.29, 0.717) is 0 Å². The second kappa shape index (κ2) is 7.59. The summed E-state index contributed by atoms with van der Waals surface area (Å²) in [6, 6.07) is 0. The molecule has 0 aromatic carbocycles. The number of ether oxygens (including phenoxy) is 1. The highest BCUT2D eigenvalue weighted by atomic mass is 16.5. The zero-order valence-corrected chi connectivity index (χ0v) is 14.8. The maximum absolute atomic E-state index is 12.7. The maximum Gasteiger partial charge on any atom is 0.312 e. The first-order chi connectivity index (χ1) is 9.45. The summed E-state index contributed by atoms with van der Waals surface area (Å²) < 4.78 is 5.29. The van der Waals surface area contributed by atoms with Crippen LogP contribution in [0.3, 0.4) is 0 Å². The van der Waals surface area contributed by atoms with Gasteiger partial charge in [0.2, 0.25) is 0 Å². The lowest BCUT2D eigenvalue weighted by Crippen LogP contribution is -2.46. The number of hydrogen-bond donors (Lipinski definition) is 2. The van der Waals surface area contributed by atoms with Crippen molar-refractivity contribution in [3.05, 3.63) is 0 Å². The van der Waals surface area contributed by atoms with Crippen LogP contribution < -0.4 is 0 Å². The summed E-state index contributed by atoms with van der Waals surface area (Å²) >= 11 is 0. The van der Waals surface area contributed by atoms with E-state index in [1.54, 1.807) is 0 Å². The van der Waals surface area contributed by atoms with Crippen LogP contribution in [0.5, 0.6) is 0 Å². The predicted molar refractivity (Wildman–Crippen MR) is 84.9 cm³/mol. The maximum atomic E-state index is 12.7. The quantitative estimate of drug-likeness (QED) is 0.642. The van der Waals surface area contributed by atoms with Gasteiger partial charge in [-0.05, 0) is 30.6 Å². The lowest BCUT2D eigenvalue weighted by molar-refractivity contribution is -0.169. The molecule has 0 spiro atoms. The van der Waals surface area contributed by atoms with Crippen molar-refractivity contribution in [2.75, 3.05) is 13.2 Å². The van der Waals surface area contributed by atoms with Crippen LogP contribution in [0.4, 0.5) is 0 Å². The average Bonchev–Trinajstić information content (AvgIpc) is 2.43. The molecule has 2 atom stereocenters. The predicted octanol–water partition coefficient (Wildman–Crippen LogP) is 3.15. The minimum Gasteiger partial charge on any atom is -0.462 e. The zero-order valence-electron chi connectivity index (χ0n) is 14.8. The Balaban J connectivity index is 5.28. The van der Waals surface area contributed by atoms with Gasteiger partial charge in [0.25, 0.3) is 0 Å². The minimum absolute atomic E-state index is 0.0375. The first-order valence-corrected chi connectivity index (χ1v) is 7.92. The van der Waals surface area contributed by atoms with Crippen LogP contribution in [0.2, 0.25) is 0 Å². The van der Waals surface area contributed by atoms with E-state index < -0.39 is 18.1 Å². The van der Waals surface area contributed by atoms with Crippen LogP contribution >= 0.6 is 0 Å². The molecule has 0 aliphatic rings. The Hall–Kier alpha value is -0.610. The van der Waals surface area contributed by atoms with Crippen molar-refractivity contribution in [1.82, 2.24) is 0 Å². The van der Waals surface area contributed by atoms with Crippen LogP contribution in [-0.4, -0.2) is 35.5 Å². The second-order valence-electron chi connectivity index (χ2n) is 7.70. The van der Waals surface area contributed by atoms with Crippen molar-refractivity contribution in [3.63, 3.8) is 0 Å². The number of carbonyl (C=O) groups is 1. The molecule has 4 heteroatoms. The van der Waals surface area contributed by atoms with Crippen molar-refractivity contribution in [2.45, 2.75) is 73.8 Å². The molecule has 21 heavy (non-hydrogen) atoms. The van der Waals surface area contributed by atoms with Gasteiger partial charge in [0.15, 0.2) is 0 Å². The summed E-state index contributed by atoms with van der Waals surface area (Å²) in [7, 11) is 0. The Morgan fingerprint density at radius 2 is 1.62 bits per heavy atom. The molecular weight excluding hydrogens is 268 g/mol. The van der Waals surface area contributed by atoms with E-state index in [1.165, 1.54) is 0 Å². The van der Waals surface area contributed by atoms with E-state index in [4.69, 9.17) is 9.84 Å². The van der Waals surface area contributed by atoms with Crippen LogP contribution in [0, 0.1) is 16.2 Å². The fraction of sp³-hybridized carbons (Fsp3) is 0.941. The molecule has 2 N–H and O–H groups in total. The number of carbonyl (C=O) groups excluding carboxylic acids is 1. The number of aliphatic hydroxyl groups excluding tert-OH is 2. The van der Waals surface area contributed by atoms with E-state index in [1.807, 2.05) is 6.92 Å². The van der Waals surface area contributed by atoms with Crippen molar-refractivity contribution in [1.29, 1.82) is 0 Å². The van der Waals surface area contributed by atoms with Crippen molar-refractivity contribution >= 4 is 5.97 Å². The minimum atomic E-state index is -1.01. The van der Waals surface area contributed by atoms with E-state index in [-0.39, 0.29) is 23.4 Å². The van der Waals surface area contributed by atoms with E-state index in [2.05, 4.69) is 41.5 Å². The molecule has 0 aromatic rings.